The van der Waals surface area contributed by atoms with Crippen LogP contribution in [0.3, 0.4) is 0 Å². The van der Waals surface area contributed by atoms with Crippen molar-refractivity contribution in [1.82, 2.24) is 0 Å². The van der Waals surface area contributed by atoms with Crippen LogP contribution in [0.1, 0.15) is 25.8 Å². The Kier molecular flexibility index (Phi) is 5.53. The van der Waals surface area contributed by atoms with Crippen molar-refractivity contribution in [3.8, 4) is 11.8 Å². The standard InChI is InChI=1S/C15H19NO3/c1-15(2,14(17)8-9-16)11-19-10-12-4-6-13(18-3)7-5-12/h4-7H,8,10-11H2,1-3H3. The van der Waals surface area contributed by atoms with Gasteiger partial charge in [-0.3, -0.25) is 4.79 Å². The molecule has 0 fully saturated rings. The minimum atomic E-state index is -0.623. The van der Waals surface area contributed by atoms with E-state index in [0.29, 0.717) is 13.2 Å². The Balaban J connectivity index is 2.45. The topological polar surface area (TPSA) is 59.3 Å². The lowest BCUT2D eigenvalue weighted by Gasteiger charge is -2.21. The maximum atomic E-state index is 11.7. The van der Waals surface area contributed by atoms with E-state index in [9.17, 15) is 4.79 Å². The van der Waals surface area contributed by atoms with E-state index in [0.717, 1.165) is 11.3 Å². The van der Waals surface area contributed by atoms with Crippen LogP contribution in [0.5, 0.6) is 5.75 Å². The van der Waals surface area contributed by atoms with Gasteiger partial charge in [-0.25, -0.2) is 0 Å². The van der Waals surface area contributed by atoms with Gasteiger partial charge < -0.3 is 9.47 Å². The van der Waals surface area contributed by atoms with Crippen LogP contribution in [0, 0.1) is 16.7 Å². The van der Waals surface area contributed by atoms with Gasteiger partial charge in [0, 0.05) is 5.41 Å². The highest BCUT2D eigenvalue weighted by Crippen LogP contribution is 2.20. The first kappa shape index (κ1) is 15.2. The van der Waals surface area contributed by atoms with Gasteiger partial charge in [0.05, 0.1) is 32.8 Å². The largest absolute Gasteiger partial charge is 0.497 e. The summed E-state index contributed by atoms with van der Waals surface area (Å²) in [4.78, 5) is 11.7. The molecule has 1 rings (SSSR count). The number of rotatable bonds is 7. The average Bonchev–Trinajstić information content (AvgIpc) is 2.39. The molecule has 0 atom stereocenters. The smallest absolute Gasteiger partial charge is 0.154 e. The molecule has 0 saturated heterocycles. The average molecular weight is 261 g/mol. The number of carbonyl (C=O) groups excluding carboxylic acids is 1. The van der Waals surface area contributed by atoms with Crippen LogP contribution in [0.25, 0.3) is 0 Å². The Bertz CT molecular complexity index is 457. The normalized spacial score (nSPS) is 10.8. The van der Waals surface area contributed by atoms with E-state index in [1.54, 1.807) is 21.0 Å². The highest BCUT2D eigenvalue weighted by atomic mass is 16.5. The zero-order chi connectivity index (χ0) is 14.3. The third-order valence-electron chi connectivity index (χ3n) is 2.89. The molecule has 0 bridgehead atoms. The first-order chi connectivity index (χ1) is 8.99. The third kappa shape index (κ3) is 4.72. The Morgan fingerprint density at radius 2 is 1.95 bits per heavy atom. The molecule has 19 heavy (non-hydrogen) atoms. The Morgan fingerprint density at radius 3 is 2.47 bits per heavy atom. The summed E-state index contributed by atoms with van der Waals surface area (Å²) in [5, 5.41) is 8.53. The number of carbonyl (C=O) groups is 1. The lowest BCUT2D eigenvalue weighted by atomic mass is 9.87. The Hall–Kier alpha value is -1.86. The number of methoxy groups -OCH3 is 1. The first-order valence-corrected chi connectivity index (χ1v) is 6.10. The fourth-order valence-electron chi connectivity index (χ4n) is 1.54. The number of hydrogen-bond donors (Lipinski definition) is 0. The number of benzene rings is 1. The minimum Gasteiger partial charge on any atom is -0.497 e. The fourth-order valence-corrected chi connectivity index (χ4v) is 1.54. The maximum Gasteiger partial charge on any atom is 0.154 e. The quantitative estimate of drug-likeness (QED) is 0.757. The van der Waals surface area contributed by atoms with Crippen LogP contribution in [-0.2, 0) is 16.1 Å². The number of nitriles is 1. The molecule has 0 saturated carbocycles. The maximum absolute atomic E-state index is 11.7. The molecule has 0 aliphatic carbocycles. The molecule has 4 nitrogen and oxygen atoms in total. The van der Waals surface area contributed by atoms with E-state index in [4.69, 9.17) is 14.7 Å². The van der Waals surface area contributed by atoms with Crippen molar-refractivity contribution in [2.45, 2.75) is 26.9 Å². The molecule has 102 valence electrons. The summed E-state index contributed by atoms with van der Waals surface area (Å²) in [6.45, 7) is 4.33. The fraction of sp³-hybridized carbons (Fsp3) is 0.467. The monoisotopic (exact) mass is 261 g/mol. The van der Waals surface area contributed by atoms with Crippen molar-refractivity contribution in [2.75, 3.05) is 13.7 Å². The van der Waals surface area contributed by atoms with Crippen molar-refractivity contribution in [3.63, 3.8) is 0 Å². The van der Waals surface area contributed by atoms with Gasteiger partial charge in [-0.15, -0.1) is 0 Å². The number of Topliss-reactive ketones (excluding diaryl/α,β-unsaturated/α-hetero) is 1. The third-order valence-corrected chi connectivity index (χ3v) is 2.89. The molecule has 0 aliphatic heterocycles. The number of hydrogen-bond acceptors (Lipinski definition) is 4. The first-order valence-electron chi connectivity index (χ1n) is 6.10. The van der Waals surface area contributed by atoms with Crippen LogP contribution in [0.15, 0.2) is 24.3 Å². The molecule has 0 heterocycles. The van der Waals surface area contributed by atoms with Gasteiger partial charge in [-0.2, -0.15) is 5.26 Å². The van der Waals surface area contributed by atoms with E-state index < -0.39 is 5.41 Å². The molecule has 0 unspecified atom stereocenters. The van der Waals surface area contributed by atoms with Gasteiger partial charge in [0.1, 0.15) is 5.75 Å². The number of nitrogens with zero attached hydrogens (tertiary/aromatic N) is 1. The molecular weight excluding hydrogens is 242 g/mol. The zero-order valence-electron chi connectivity index (χ0n) is 11.6. The van der Waals surface area contributed by atoms with Crippen LogP contribution in [0.2, 0.25) is 0 Å². The second kappa shape index (κ2) is 6.91. The van der Waals surface area contributed by atoms with Crippen molar-refractivity contribution in [2.24, 2.45) is 5.41 Å². The van der Waals surface area contributed by atoms with Gasteiger partial charge in [0.2, 0.25) is 0 Å². The highest BCUT2D eigenvalue weighted by molar-refractivity contribution is 5.85. The molecule has 1 aromatic rings. The van der Waals surface area contributed by atoms with Crippen LogP contribution in [-0.4, -0.2) is 19.5 Å². The lowest BCUT2D eigenvalue weighted by molar-refractivity contribution is -0.129. The molecule has 0 aromatic heterocycles. The van der Waals surface area contributed by atoms with Crippen molar-refractivity contribution in [3.05, 3.63) is 29.8 Å². The summed E-state index contributed by atoms with van der Waals surface area (Å²) in [6.07, 6.45) is -0.0705. The molecule has 0 amide bonds. The van der Waals surface area contributed by atoms with Gasteiger partial charge in [-0.1, -0.05) is 26.0 Å². The Labute approximate surface area is 113 Å². The van der Waals surface area contributed by atoms with E-state index in [2.05, 4.69) is 0 Å². The molecule has 0 spiro atoms. The van der Waals surface area contributed by atoms with Crippen LogP contribution < -0.4 is 4.74 Å². The van der Waals surface area contributed by atoms with Gasteiger partial charge in [-0.05, 0) is 17.7 Å². The highest BCUT2D eigenvalue weighted by Gasteiger charge is 2.27. The van der Waals surface area contributed by atoms with E-state index in [-0.39, 0.29) is 12.2 Å². The summed E-state index contributed by atoms with van der Waals surface area (Å²) in [5.74, 6) is 0.706. The Morgan fingerprint density at radius 1 is 1.32 bits per heavy atom. The summed E-state index contributed by atoms with van der Waals surface area (Å²) >= 11 is 0. The summed E-state index contributed by atoms with van der Waals surface area (Å²) in [7, 11) is 1.62. The van der Waals surface area contributed by atoms with Crippen LogP contribution in [0.4, 0.5) is 0 Å². The second-order valence-corrected chi connectivity index (χ2v) is 4.98. The second-order valence-electron chi connectivity index (χ2n) is 4.98. The predicted molar refractivity (Wildman–Crippen MR) is 71.7 cm³/mol. The predicted octanol–water partition coefficient (Wildman–Crippen LogP) is 2.72. The van der Waals surface area contributed by atoms with Gasteiger partial charge in [0.15, 0.2) is 5.78 Å². The molecule has 0 radical (unpaired) electrons. The molecule has 1 aromatic carbocycles. The van der Waals surface area contributed by atoms with E-state index in [1.165, 1.54) is 0 Å². The molecule has 4 heteroatoms. The SMILES string of the molecule is COc1ccc(COCC(C)(C)C(=O)CC#N)cc1. The minimum absolute atomic E-state index is 0.0705. The van der Waals surface area contributed by atoms with Crippen molar-refractivity contribution < 1.29 is 14.3 Å². The van der Waals surface area contributed by atoms with E-state index in [1.807, 2.05) is 30.3 Å². The molecular formula is C15H19NO3. The van der Waals surface area contributed by atoms with Crippen molar-refractivity contribution >= 4 is 5.78 Å². The van der Waals surface area contributed by atoms with Crippen molar-refractivity contribution in [1.29, 1.82) is 5.26 Å². The van der Waals surface area contributed by atoms with E-state index >= 15 is 0 Å². The zero-order valence-corrected chi connectivity index (χ0v) is 11.6. The van der Waals surface area contributed by atoms with Gasteiger partial charge in [0.25, 0.3) is 0 Å². The summed E-state index contributed by atoms with van der Waals surface area (Å²) < 4.78 is 10.6. The van der Waals surface area contributed by atoms with Crippen LogP contribution >= 0.6 is 0 Å². The lowest BCUT2D eigenvalue weighted by Crippen LogP contribution is -2.29. The summed E-state index contributed by atoms with van der Waals surface area (Å²) in [6, 6.07) is 9.45. The van der Waals surface area contributed by atoms with Gasteiger partial charge >= 0.3 is 0 Å². The molecule has 0 N–H and O–H groups in total. The summed E-state index contributed by atoms with van der Waals surface area (Å²) in [5.41, 5.74) is 0.395. The number of ether oxygens (including phenoxy) is 2. The molecule has 0 aliphatic rings. The number of ketones is 1.